The first kappa shape index (κ1) is 27.2. The maximum atomic E-state index is 13.0. The summed E-state index contributed by atoms with van der Waals surface area (Å²) in [5.41, 5.74) is 0.313. The highest BCUT2D eigenvalue weighted by molar-refractivity contribution is 8.09. The Morgan fingerprint density at radius 1 is 1.09 bits per heavy atom. The molecule has 11 heteroatoms. The summed E-state index contributed by atoms with van der Waals surface area (Å²) < 4.78 is 47.9. The molecule has 1 aliphatic rings. The Morgan fingerprint density at radius 3 is 2.46 bits per heavy atom. The van der Waals surface area contributed by atoms with Gasteiger partial charge in [0.25, 0.3) is 0 Å². The van der Waals surface area contributed by atoms with E-state index in [0.717, 1.165) is 24.9 Å². The molecule has 1 N–H and O–H groups in total. The number of likely N-dealkylation sites (tertiary alicyclic amines) is 1. The fourth-order valence-corrected chi connectivity index (χ4v) is 4.49. The lowest BCUT2D eigenvalue weighted by atomic mass is 10.0. The lowest BCUT2D eigenvalue weighted by Gasteiger charge is -2.34. The van der Waals surface area contributed by atoms with E-state index in [1.165, 1.54) is 41.3 Å². The van der Waals surface area contributed by atoms with Crippen molar-refractivity contribution in [1.82, 2.24) is 4.90 Å². The van der Waals surface area contributed by atoms with Gasteiger partial charge in [-0.2, -0.15) is 0 Å². The molecule has 0 aliphatic carbocycles. The number of alkyl halides is 3. The normalized spacial score (nSPS) is 16.7. The molecule has 2 amide bonds. The van der Waals surface area contributed by atoms with E-state index in [1.54, 1.807) is 6.07 Å². The second kappa shape index (κ2) is 11.1. The fourth-order valence-electron chi connectivity index (χ4n) is 3.57. The average Bonchev–Trinajstić information content (AvgIpc) is 2.77. The van der Waals surface area contributed by atoms with Crippen molar-refractivity contribution in [1.29, 1.82) is 0 Å². The van der Waals surface area contributed by atoms with Crippen LogP contribution < -0.4 is 10.1 Å². The molecule has 1 saturated heterocycles. The van der Waals surface area contributed by atoms with Crippen molar-refractivity contribution in [3.8, 4) is 16.9 Å². The monoisotopic (exact) mass is 530 g/mol. The summed E-state index contributed by atoms with van der Waals surface area (Å²) in [5.74, 6) is -0.760. The van der Waals surface area contributed by atoms with Gasteiger partial charge in [-0.1, -0.05) is 35.9 Å². The molecule has 0 bridgehead atoms. The minimum Gasteiger partial charge on any atom is -0.405 e. The van der Waals surface area contributed by atoms with Crippen molar-refractivity contribution in [3.05, 3.63) is 47.5 Å². The molecular formula is C24H26ClF3N2O4S. The third-order valence-corrected chi connectivity index (χ3v) is 6.32. The number of hydrogen-bond acceptors (Lipinski definition) is 5. The van der Waals surface area contributed by atoms with Crippen molar-refractivity contribution < 1.29 is 31.7 Å². The van der Waals surface area contributed by atoms with Gasteiger partial charge in [-0.15, -0.1) is 13.2 Å². The zero-order valence-corrected chi connectivity index (χ0v) is 21.0. The first-order valence-electron chi connectivity index (χ1n) is 11.0. The fraction of sp³-hybridized carbons (Fsp3) is 0.417. The number of benzene rings is 2. The summed E-state index contributed by atoms with van der Waals surface area (Å²) in [6, 6.07) is 9.48. The number of carbonyl (C=O) groups excluding carboxylic acids is 2. The Bertz CT molecular complexity index is 1080. The minimum absolute atomic E-state index is 0.131. The molecule has 3 rings (SSSR count). The number of piperidine rings is 1. The highest BCUT2D eigenvalue weighted by Crippen LogP contribution is 2.38. The van der Waals surface area contributed by atoms with Crippen LogP contribution in [0.5, 0.6) is 5.75 Å². The number of nitrogens with zero attached hydrogens (tertiary/aromatic N) is 1. The van der Waals surface area contributed by atoms with Crippen LogP contribution in [0.3, 0.4) is 0 Å². The van der Waals surface area contributed by atoms with Gasteiger partial charge < -0.3 is 19.1 Å². The highest BCUT2D eigenvalue weighted by atomic mass is 35.5. The molecule has 1 fully saturated rings. The Morgan fingerprint density at radius 2 is 1.80 bits per heavy atom. The molecule has 2 aromatic carbocycles. The van der Waals surface area contributed by atoms with Crippen LogP contribution in [0.1, 0.15) is 40.0 Å². The molecule has 1 aliphatic heterocycles. The van der Waals surface area contributed by atoms with E-state index in [4.69, 9.17) is 15.8 Å². The first-order chi connectivity index (χ1) is 16.3. The van der Waals surface area contributed by atoms with Crippen LogP contribution in [0.25, 0.3) is 11.1 Å². The van der Waals surface area contributed by atoms with E-state index < -0.39 is 18.0 Å². The van der Waals surface area contributed by atoms with E-state index >= 15 is 0 Å². The van der Waals surface area contributed by atoms with Gasteiger partial charge in [0.15, 0.2) is 0 Å². The maximum absolute atomic E-state index is 13.0. The number of rotatable bonds is 5. The summed E-state index contributed by atoms with van der Waals surface area (Å²) in [6.07, 6.45) is -2.77. The first-order valence-corrected chi connectivity index (χ1v) is 12.1. The molecule has 0 aromatic heterocycles. The van der Waals surface area contributed by atoms with Crippen molar-refractivity contribution in [2.75, 3.05) is 11.9 Å². The number of halogens is 4. The number of para-hydroxylation sites is 1. The topological polar surface area (TPSA) is 67.9 Å². The lowest BCUT2D eigenvalue weighted by molar-refractivity contribution is -0.274. The van der Waals surface area contributed by atoms with Gasteiger partial charge in [0.1, 0.15) is 11.8 Å². The zero-order chi connectivity index (χ0) is 25.8. The zero-order valence-electron chi connectivity index (χ0n) is 19.4. The molecule has 1 unspecified atom stereocenters. The van der Waals surface area contributed by atoms with Crippen LogP contribution in [0.2, 0.25) is 5.02 Å². The van der Waals surface area contributed by atoms with Crippen molar-refractivity contribution in [2.45, 2.75) is 58.0 Å². The van der Waals surface area contributed by atoms with Crippen LogP contribution in [-0.4, -0.2) is 40.6 Å². The molecule has 6 nitrogen and oxygen atoms in total. The van der Waals surface area contributed by atoms with E-state index in [0.29, 0.717) is 24.2 Å². The number of ether oxygens (including phenoxy) is 1. The van der Waals surface area contributed by atoms with Gasteiger partial charge in [0, 0.05) is 23.4 Å². The Labute approximate surface area is 211 Å². The molecule has 0 spiro atoms. The Balaban J connectivity index is 1.75. The molecule has 2 aromatic rings. The second-order valence-corrected chi connectivity index (χ2v) is 10.1. The van der Waals surface area contributed by atoms with Gasteiger partial charge in [0.2, 0.25) is 5.91 Å². The summed E-state index contributed by atoms with van der Waals surface area (Å²) in [6.45, 7) is 5.92. The second-order valence-electron chi connectivity index (χ2n) is 8.98. The van der Waals surface area contributed by atoms with Crippen molar-refractivity contribution in [2.24, 2.45) is 0 Å². The summed E-state index contributed by atoms with van der Waals surface area (Å²) in [5, 5.41) is 2.56. The molecule has 0 saturated carbocycles. The van der Waals surface area contributed by atoms with Gasteiger partial charge in [-0.3, -0.25) is 9.59 Å². The van der Waals surface area contributed by atoms with Gasteiger partial charge >= 0.3 is 11.6 Å². The molecule has 0 radical (unpaired) electrons. The number of anilines is 1. The number of carbonyl (C=O) groups is 2. The van der Waals surface area contributed by atoms with Gasteiger partial charge in [0.05, 0.1) is 22.7 Å². The SMILES string of the molecule is CC(C)(C)OSC(=O)N1CCCCC1C(=O)Nc1ccc(-c2ccccc2OC(F)(F)F)c(Cl)c1. The van der Waals surface area contributed by atoms with Gasteiger partial charge in [-0.25, -0.2) is 0 Å². The molecule has 35 heavy (non-hydrogen) atoms. The molecule has 1 atom stereocenters. The summed E-state index contributed by atoms with van der Waals surface area (Å²) in [7, 11) is 0. The standard InChI is InChI=1S/C24H26ClF3N2O4S/c1-23(2,3)34-35-22(32)30-13-7-6-9-19(30)21(31)29-15-11-12-16(18(25)14-15)17-8-4-5-10-20(17)33-24(26,27)28/h4-5,8,10-12,14,19H,6-7,9,13H2,1-3H3,(H,29,31). The van der Waals surface area contributed by atoms with Crippen LogP contribution in [0.4, 0.5) is 23.7 Å². The van der Waals surface area contributed by atoms with E-state index in [2.05, 4.69) is 10.1 Å². The van der Waals surface area contributed by atoms with E-state index in [1.807, 2.05) is 20.8 Å². The summed E-state index contributed by atoms with van der Waals surface area (Å²) in [4.78, 5) is 27.2. The largest absolute Gasteiger partial charge is 0.573 e. The Hall–Kier alpha value is -2.43. The van der Waals surface area contributed by atoms with Crippen molar-refractivity contribution >= 4 is 40.5 Å². The number of amides is 2. The van der Waals surface area contributed by atoms with E-state index in [9.17, 15) is 22.8 Å². The van der Waals surface area contributed by atoms with Crippen molar-refractivity contribution in [3.63, 3.8) is 0 Å². The molecular weight excluding hydrogens is 505 g/mol. The lowest BCUT2D eigenvalue weighted by Crippen LogP contribution is -2.48. The highest BCUT2D eigenvalue weighted by Gasteiger charge is 2.34. The van der Waals surface area contributed by atoms with Crippen LogP contribution in [-0.2, 0) is 8.98 Å². The third kappa shape index (κ3) is 7.78. The number of nitrogens with one attached hydrogen (secondary N) is 1. The van der Waals surface area contributed by atoms with Crippen LogP contribution in [0.15, 0.2) is 42.5 Å². The number of hydrogen-bond donors (Lipinski definition) is 1. The third-order valence-electron chi connectivity index (χ3n) is 5.04. The predicted molar refractivity (Wildman–Crippen MR) is 130 cm³/mol. The smallest absolute Gasteiger partial charge is 0.405 e. The van der Waals surface area contributed by atoms with E-state index in [-0.39, 0.29) is 27.5 Å². The molecule has 190 valence electrons. The van der Waals surface area contributed by atoms with Crippen LogP contribution in [0, 0.1) is 0 Å². The predicted octanol–water partition coefficient (Wildman–Crippen LogP) is 7.28. The molecule has 1 heterocycles. The van der Waals surface area contributed by atoms with Gasteiger partial charge in [-0.05, 0) is 58.2 Å². The average molecular weight is 531 g/mol. The Kier molecular flexibility index (Phi) is 8.61. The summed E-state index contributed by atoms with van der Waals surface area (Å²) >= 11 is 7.09. The van der Waals surface area contributed by atoms with Crippen LogP contribution >= 0.6 is 23.6 Å². The minimum atomic E-state index is -4.85. The maximum Gasteiger partial charge on any atom is 0.573 e. The quantitative estimate of drug-likeness (QED) is 0.411.